The molecule has 8 nitrogen and oxygen atoms in total. The number of carbonyl (C=O) groups is 1. The van der Waals surface area contributed by atoms with Gasteiger partial charge in [0.1, 0.15) is 28.3 Å². The lowest BCUT2D eigenvalue weighted by Gasteiger charge is -2.20. The Labute approximate surface area is 185 Å². The Balaban J connectivity index is 1.97. The molecular weight excluding hydrogens is 435 g/mol. The van der Waals surface area contributed by atoms with Gasteiger partial charge in [-0.15, -0.1) is 6.58 Å². The van der Waals surface area contributed by atoms with Crippen LogP contribution in [0.15, 0.2) is 72.4 Å². The Morgan fingerprint density at radius 2 is 2.09 bits per heavy atom. The fraction of sp³-hybridized carbons (Fsp3) is 0.182. The van der Waals surface area contributed by atoms with Crippen LogP contribution in [0.3, 0.4) is 0 Å². The predicted octanol–water partition coefficient (Wildman–Crippen LogP) is 2.55. The smallest absolute Gasteiger partial charge is 0.252 e. The summed E-state index contributed by atoms with van der Waals surface area (Å²) in [5.41, 5.74) is 0.682. The van der Waals surface area contributed by atoms with Gasteiger partial charge in [0, 0.05) is 31.5 Å². The molecule has 1 heterocycles. The molecule has 1 unspecified atom stereocenters. The standard InChI is InChI=1S/C22H23FN4O4S/c1-4-10-25-32(29,30)19-14-16(8-9-18(19)23)22(28)26-20(21-24-11-12-27(21)2)15-6-5-7-17(13-15)31-3/h4-9,11-14,20,25H,1,10H2,2-3H3,(H,26,28). The van der Waals surface area contributed by atoms with Crippen molar-refractivity contribution in [1.29, 1.82) is 0 Å². The summed E-state index contributed by atoms with van der Waals surface area (Å²) in [5, 5.41) is 2.85. The number of nitrogens with zero attached hydrogens (tertiary/aromatic N) is 2. The molecule has 1 aromatic heterocycles. The van der Waals surface area contributed by atoms with E-state index in [2.05, 4.69) is 21.6 Å². The number of benzene rings is 2. The molecule has 0 bridgehead atoms. The third-order valence-electron chi connectivity index (χ3n) is 4.72. The normalized spacial score (nSPS) is 12.2. The molecule has 0 aliphatic carbocycles. The lowest BCUT2D eigenvalue weighted by atomic mass is 10.0. The van der Waals surface area contributed by atoms with Gasteiger partial charge in [0.15, 0.2) is 0 Å². The maximum absolute atomic E-state index is 14.2. The summed E-state index contributed by atoms with van der Waals surface area (Å²) in [5.74, 6) is -0.416. The minimum absolute atomic E-state index is 0.0208. The summed E-state index contributed by atoms with van der Waals surface area (Å²) in [6.07, 6.45) is 4.67. The van der Waals surface area contributed by atoms with Crippen molar-refractivity contribution < 1.29 is 22.3 Å². The fourth-order valence-electron chi connectivity index (χ4n) is 3.08. The molecule has 32 heavy (non-hydrogen) atoms. The zero-order valence-corrected chi connectivity index (χ0v) is 18.4. The highest BCUT2D eigenvalue weighted by Crippen LogP contribution is 2.25. The fourth-order valence-corrected chi connectivity index (χ4v) is 4.18. The van der Waals surface area contributed by atoms with Crippen LogP contribution in [-0.4, -0.2) is 37.5 Å². The van der Waals surface area contributed by atoms with Crippen molar-refractivity contribution in [1.82, 2.24) is 19.6 Å². The Morgan fingerprint density at radius 3 is 2.75 bits per heavy atom. The number of hydrogen-bond acceptors (Lipinski definition) is 5. The second kappa shape index (κ2) is 9.75. The molecule has 0 aliphatic rings. The molecule has 2 aromatic carbocycles. The second-order valence-corrected chi connectivity index (χ2v) is 8.60. The van der Waals surface area contributed by atoms with Crippen molar-refractivity contribution in [2.75, 3.05) is 13.7 Å². The van der Waals surface area contributed by atoms with Gasteiger partial charge in [-0.25, -0.2) is 22.5 Å². The van der Waals surface area contributed by atoms with E-state index in [1.165, 1.54) is 19.3 Å². The molecule has 2 N–H and O–H groups in total. The van der Waals surface area contributed by atoms with E-state index in [1.807, 2.05) is 6.07 Å². The molecule has 3 aromatic rings. The van der Waals surface area contributed by atoms with Crippen molar-refractivity contribution in [2.45, 2.75) is 10.9 Å². The third-order valence-corrected chi connectivity index (χ3v) is 6.16. The number of methoxy groups -OCH3 is 1. The number of sulfonamides is 1. The van der Waals surface area contributed by atoms with E-state index in [0.717, 1.165) is 12.1 Å². The second-order valence-electron chi connectivity index (χ2n) is 6.87. The molecule has 1 atom stereocenters. The average molecular weight is 459 g/mol. The number of hydrogen-bond donors (Lipinski definition) is 2. The molecule has 3 rings (SSSR count). The van der Waals surface area contributed by atoms with E-state index in [4.69, 9.17) is 4.74 Å². The van der Waals surface area contributed by atoms with Crippen molar-refractivity contribution in [2.24, 2.45) is 7.05 Å². The Kier molecular flexibility index (Phi) is 7.06. The number of rotatable bonds is 9. The van der Waals surface area contributed by atoms with Crippen LogP contribution < -0.4 is 14.8 Å². The predicted molar refractivity (Wildman–Crippen MR) is 117 cm³/mol. The molecule has 10 heteroatoms. The minimum atomic E-state index is -4.16. The minimum Gasteiger partial charge on any atom is -0.497 e. The Morgan fingerprint density at radius 1 is 1.31 bits per heavy atom. The van der Waals surface area contributed by atoms with Crippen LogP contribution in [0.2, 0.25) is 0 Å². The Bertz CT molecular complexity index is 1240. The summed E-state index contributed by atoms with van der Waals surface area (Å²) in [4.78, 5) is 16.8. The summed E-state index contributed by atoms with van der Waals surface area (Å²) < 4.78 is 48.2. The largest absolute Gasteiger partial charge is 0.497 e. The van der Waals surface area contributed by atoms with Crippen molar-refractivity contribution in [3.8, 4) is 5.75 Å². The first-order valence-electron chi connectivity index (χ1n) is 9.59. The van der Waals surface area contributed by atoms with E-state index < -0.39 is 32.7 Å². The van der Waals surface area contributed by atoms with Gasteiger partial charge in [0.25, 0.3) is 5.91 Å². The van der Waals surface area contributed by atoms with Crippen molar-refractivity contribution in [3.63, 3.8) is 0 Å². The monoisotopic (exact) mass is 458 g/mol. The number of aryl methyl sites for hydroxylation is 1. The molecule has 1 amide bonds. The molecular formula is C22H23FN4O4S. The van der Waals surface area contributed by atoms with Gasteiger partial charge >= 0.3 is 0 Å². The third kappa shape index (κ3) is 5.04. The first-order valence-corrected chi connectivity index (χ1v) is 11.1. The number of amides is 1. The molecule has 0 radical (unpaired) electrons. The van der Waals surface area contributed by atoms with E-state index in [9.17, 15) is 17.6 Å². The molecule has 0 spiro atoms. The first-order chi connectivity index (χ1) is 15.3. The average Bonchev–Trinajstić information content (AvgIpc) is 3.21. The van der Waals surface area contributed by atoms with Gasteiger partial charge < -0.3 is 14.6 Å². The van der Waals surface area contributed by atoms with Gasteiger partial charge in [-0.3, -0.25) is 4.79 Å². The van der Waals surface area contributed by atoms with Gasteiger partial charge in [-0.1, -0.05) is 18.2 Å². The lowest BCUT2D eigenvalue weighted by molar-refractivity contribution is 0.0940. The van der Waals surface area contributed by atoms with Gasteiger partial charge in [0.2, 0.25) is 10.0 Å². The van der Waals surface area contributed by atoms with Crippen LogP contribution in [0, 0.1) is 5.82 Å². The Hall–Kier alpha value is -3.50. The van der Waals surface area contributed by atoms with Crippen LogP contribution in [-0.2, 0) is 17.1 Å². The number of nitrogens with one attached hydrogen (secondary N) is 2. The molecule has 168 valence electrons. The van der Waals surface area contributed by atoms with Crippen molar-refractivity contribution in [3.05, 3.63) is 90.3 Å². The van der Waals surface area contributed by atoms with E-state index in [1.54, 1.807) is 42.2 Å². The van der Waals surface area contributed by atoms with Gasteiger partial charge in [0.05, 0.1) is 7.11 Å². The summed E-state index contributed by atoms with van der Waals surface area (Å²) in [7, 11) is -0.835. The number of ether oxygens (including phenoxy) is 1. The maximum Gasteiger partial charge on any atom is 0.252 e. The quantitative estimate of drug-likeness (QED) is 0.480. The summed E-state index contributed by atoms with van der Waals surface area (Å²) >= 11 is 0. The van der Waals surface area contributed by atoms with E-state index in [-0.39, 0.29) is 12.1 Å². The molecule has 0 fully saturated rings. The summed E-state index contributed by atoms with van der Waals surface area (Å²) in [6.45, 7) is 3.36. The summed E-state index contributed by atoms with van der Waals surface area (Å²) in [6, 6.07) is 9.62. The molecule has 0 aliphatic heterocycles. The van der Waals surface area contributed by atoms with Crippen LogP contribution in [0.4, 0.5) is 4.39 Å². The number of halogens is 1. The van der Waals surface area contributed by atoms with Crippen LogP contribution >= 0.6 is 0 Å². The number of imidazole rings is 1. The highest BCUT2D eigenvalue weighted by Gasteiger charge is 2.24. The zero-order chi connectivity index (χ0) is 23.3. The highest BCUT2D eigenvalue weighted by atomic mass is 32.2. The first kappa shape index (κ1) is 23.2. The molecule has 0 saturated carbocycles. The van der Waals surface area contributed by atoms with E-state index >= 15 is 0 Å². The van der Waals surface area contributed by atoms with Crippen molar-refractivity contribution >= 4 is 15.9 Å². The van der Waals surface area contributed by atoms with Gasteiger partial charge in [-0.2, -0.15) is 0 Å². The zero-order valence-electron chi connectivity index (χ0n) is 17.6. The lowest BCUT2D eigenvalue weighted by Crippen LogP contribution is -2.31. The maximum atomic E-state index is 14.2. The highest BCUT2D eigenvalue weighted by molar-refractivity contribution is 7.89. The van der Waals surface area contributed by atoms with Gasteiger partial charge in [-0.05, 0) is 35.9 Å². The van der Waals surface area contributed by atoms with E-state index in [0.29, 0.717) is 17.1 Å². The van der Waals surface area contributed by atoms with Crippen LogP contribution in [0.25, 0.3) is 0 Å². The molecule has 0 saturated heterocycles. The topological polar surface area (TPSA) is 102 Å². The SMILES string of the molecule is C=CCNS(=O)(=O)c1cc(C(=O)NC(c2cccc(OC)c2)c2nccn2C)ccc1F. The number of aromatic nitrogens is 2. The van der Waals surface area contributed by atoms with Crippen LogP contribution in [0.1, 0.15) is 27.8 Å². The van der Waals surface area contributed by atoms with Crippen LogP contribution in [0.5, 0.6) is 5.75 Å². The number of carbonyl (C=O) groups excluding carboxylic acids is 1.